The molecular weight excluding hydrogens is 500 g/mol. The van der Waals surface area contributed by atoms with Crippen LogP contribution in [-0.4, -0.2) is 63.9 Å². The summed E-state index contributed by atoms with van der Waals surface area (Å²) in [6, 6.07) is 3.55. The topological polar surface area (TPSA) is 100 Å². The van der Waals surface area contributed by atoms with E-state index in [1.54, 1.807) is 60.6 Å². The van der Waals surface area contributed by atoms with E-state index in [1.165, 1.54) is 18.1 Å². The van der Waals surface area contributed by atoms with Gasteiger partial charge < -0.3 is 18.9 Å². The molecule has 0 radical (unpaired) electrons. The molecule has 1 aromatic carbocycles. The zero-order valence-electron chi connectivity index (χ0n) is 23.0. The number of esters is 1. The van der Waals surface area contributed by atoms with Crippen molar-refractivity contribution in [2.45, 2.75) is 77.7 Å². The summed E-state index contributed by atoms with van der Waals surface area (Å²) in [4.78, 5) is 35.9. The van der Waals surface area contributed by atoms with E-state index in [-0.39, 0.29) is 17.6 Å². The zero-order chi connectivity index (χ0) is 28.6. The second-order valence-electron chi connectivity index (χ2n) is 11.2. The third-order valence-electron chi connectivity index (χ3n) is 5.75. The van der Waals surface area contributed by atoms with E-state index < -0.39 is 58.8 Å². The lowest BCUT2D eigenvalue weighted by Crippen LogP contribution is -2.47. The molecule has 1 aromatic heterocycles. The Morgan fingerprint density at radius 1 is 1.05 bits per heavy atom. The number of aromatic nitrogens is 2. The fourth-order valence-electron chi connectivity index (χ4n) is 4.00. The first-order chi connectivity index (χ1) is 17.5. The number of carbonyl (C=O) groups excluding carboxylic acids is 2. The summed E-state index contributed by atoms with van der Waals surface area (Å²) >= 11 is 0. The molecule has 3 atom stereocenters. The smallest absolute Gasteiger partial charge is 0.411 e. The van der Waals surface area contributed by atoms with Crippen LogP contribution in [0.3, 0.4) is 0 Å². The second-order valence-corrected chi connectivity index (χ2v) is 11.2. The van der Waals surface area contributed by atoms with Crippen LogP contribution in [0.2, 0.25) is 0 Å². The third kappa shape index (κ3) is 6.49. The van der Waals surface area contributed by atoms with Crippen LogP contribution >= 0.6 is 0 Å². The number of carbonyl (C=O) groups is 2. The first-order valence-corrected chi connectivity index (χ1v) is 12.2. The molecule has 1 aliphatic heterocycles. The van der Waals surface area contributed by atoms with Crippen LogP contribution in [0.5, 0.6) is 11.6 Å². The molecule has 0 spiro atoms. The lowest BCUT2D eigenvalue weighted by Gasteiger charge is -2.30. The van der Waals surface area contributed by atoms with E-state index in [9.17, 15) is 18.4 Å². The number of likely N-dealkylation sites (tertiary alicyclic amines) is 1. The van der Waals surface area contributed by atoms with E-state index in [4.69, 9.17) is 18.9 Å². The Balaban J connectivity index is 2.05. The number of rotatable bonds is 6. The van der Waals surface area contributed by atoms with Crippen molar-refractivity contribution in [1.29, 1.82) is 0 Å². The van der Waals surface area contributed by atoms with Gasteiger partial charge in [0.1, 0.15) is 29.1 Å². The molecule has 0 unspecified atom stereocenters. The van der Waals surface area contributed by atoms with Crippen molar-refractivity contribution >= 4 is 23.1 Å². The molecule has 208 valence electrons. The van der Waals surface area contributed by atoms with E-state index in [0.29, 0.717) is 11.8 Å². The zero-order valence-corrected chi connectivity index (χ0v) is 23.0. The van der Waals surface area contributed by atoms with Gasteiger partial charge in [0, 0.05) is 12.0 Å². The standard InChI is InChI=1S/C27H35F2N3O6/c1-10-27(28,29)21-22(31-18-13-16(35-9)11-12-17(18)30-21)36-19-14-32(24(34)38-26(6,7)8)20(15(19)2)23(33)37-25(3,4)5/h10-13,15,19-20H,1,14H2,2-9H3/t15-,19+,20+/m1/s1. The Morgan fingerprint density at radius 3 is 2.24 bits per heavy atom. The van der Waals surface area contributed by atoms with Crippen molar-refractivity contribution in [2.75, 3.05) is 13.7 Å². The molecule has 1 fully saturated rings. The minimum absolute atomic E-state index is 0.128. The van der Waals surface area contributed by atoms with Crippen LogP contribution in [-0.2, 0) is 20.2 Å². The Labute approximate surface area is 221 Å². The first-order valence-electron chi connectivity index (χ1n) is 12.2. The third-order valence-corrected chi connectivity index (χ3v) is 5.75. The maximum Gasteiger partial charge on any atom is 0.411 e. The highest BCUT2D eigenvalue weighted by Gasteiger charge is 2.50. The van der Waals surface area contributed by atoms with Gasteiger partial charge in [0.05, 0.1) is 24.7 Å². The van der Waals surface area contributed by atoms with E-state index >= 15 is 0 Å². The van der Waals surface area contributed by atoms with Crippen molar-refractivity contribution in [3.05, 3.63) is 36.5 Å². The Kier molecular flexibility index (Phi) is 7.91. The summed E-state index contributed by atoms with van der Waals surface area (Å²) in [5.41, 5.74) is -1.92. The molecule has 1 amide bonds. The fraction of sp³-hybridized carbons (Fsp3) is 0.556. The summed E-state index contributed by atoms with van der Waals surface area (Å²) in [6.45, 7) is 15.0. The number of allylic oxidation sites excluding steroid dienone is 1. The number of halogens is 2. The minimum atomic E-state index is -3.56. The van der Waals surface area contributed by atoms with Crippen molar-refractivity contribution in [3.63, 3.8) is 0 Å². The molecule has 2 heterocycles. The molecule has 11 heteroatoms. The Morgan fingerprint density at radius 2 is 1.68 bits per heavy atom. The number of fused-ring (bicyclic) bond motifs is 1. The maximum atomic E-state index is 14.9. The highest BCUT2D eigenvalue weighted by molar-refractivity contribution is 5.83. The van der Waals surface area contributed by atoms with Crippen molar-refractivity contribution < 1.29 is 37.3 Å². The predicted molar refractivity (Wildman–Crippen MR) is 136 cm³/mol. The van der Waals surface area contributed by atoms with Crippen molar-refractivity contribution in [2.24, 2.45) is 5.92 Å². The average molecular weight is 536 g/mol. The summed E-state index contributed by atoms with van der Waals surface area (Å²) < 4.78 is 52.1. The molecular formula is C27H35F2N3O6. The predicted octanol–water partition coefficient (Wildman–Crippen LogP) is 5.26. The van der Waals surface area contributed by atoms with Gasteiger partial charge in [-0.05, 0) is 59.8 Å². The highest BCUT2D eigenvalue weighted by atomic mass is 19.3. The number of ether oxygens (including phenoxy) is 4. The summed E-state index contributed by atoms with van der Waals surface area (Å²) in [5, 5.41) is 0. The van der Waals surface area contributed by atoms with Gasteiger partial charge in [0.2, 0.25) is 5.88 Å². The van der Waals surface area contributed by atoms with Crippen LogP contribution < -0.4 is 9.47 Å². The average Bonchev–Trinajstić information content (AvgIpc) is 3.12. The van der Waals surface area contributed by atoms with Crippen LogP contribution in [0.15, 0.2) is 30.9 Å². The molecule has 0 N–H and O–H groups in total. The first kappa shape index (κ1) is 29.1. The number of hydrogen-bond donors (Lipinski definition) is 0. The molecule has 1 saturated heterocycles. The van der Waals surface area contributed by atoms with E-state index in [2.05, 4.69) is 16.5 Å². The molecule has 3 rings (SSSR count). The molecule has 1 aliphatic rings. The number of alkyl halides is 2. The normalized spacial score (nSPS) is 20.3. The lowest BCUT2D eigenvalue weighted by atomic mass is 10.00. The van der Waals surface area contributed by atoms with Crippen LogP contribution in [0.1, 0.15) is 54.2 Å². The Bertz CT molecular complexity index is 1220. The number of amides is 1. The van der Waals surface area contributed by atoms with Crippen LogP contribution in [0.4, 0.5) is 13.6 Å². The van der Waals surface area contributed by atoms with Gasteiger partial charge in [-0.25, -0.2) is 19.6 Å². The minimum Gasteiger partial charge on any atom is -0.497 e. The number of methoxy groups -OCH3 is 1. The van der Waals surface area contributed by atoms with Crippen LogP contribution in [0, 0.1) is 5.92 Å². The van der Waals surface area contributed by atoms with E-state index in [0.717, 1.165) is 0 Å². The monoisotopic (exact) mass is 535 g/mol. The van der Waals surface area contributed by atoms with Crippen LogP contribution in [0.25, 0.3) is 11.0 Å². The molecule has 0 aliphatic carbocycles. The number of benzene rings is 1. The van der Waals surface area contributed by atoms with E-state index in [1.807, 2.05) is 0 Å². The summed E-state index contributed by atoms with van der Waals surface area (Å²) in [5.74, 6) is -4.87. The van der Waals surface area contributed by atoms with Gasteiger partial charge in [-0.2, -0.15) is 8.78 Å². The molecule has 0 bridgehead atoms. The molecule has 2 aromatic rings. The Hall–Kier alpha value is -3.50. The molecule has 9 nitrogen and oxygen atoms in total. The second kappa shape index (κ2) is 10.3. The number of hydrogen-bond acceptors (Lipinski definition) is 8. The van der Waals surface area contributed by atoms with Gasteiger partial charge in [-0.3, -0.25) is 4.90 Å². The SMILES string of the molecule is C=CC(F)(F)c1nc2ccc(OC)cc2nc1O[C@H]1CN(C(=O)OC(C)(C)C)[C@H](C(=O)OC(C)(C)C)[C@@H]1C. The van der Waals surface area contributed by atoms with Gasteiger partial charge >= 0.3 is 18.0 Å². The van der Waals surface area contributed by atoms with Crippen molar-refractivity contribution in [1.82, 2.24) is 14.9 Å². The quantitative estimate of drug-likeness (QED) is 0.365. The lowest BCUT2D eigenvalue weighted by molar-refractivity contribution is -0.161. The molecule has 0 saturated carbocycles. The largest absolute Gasteiger partial charge is 0.497 e. The van der Waals surface area contributed by atoms with Gasteiger partial charge in [-0.1, -0.05) is 13.5 Å². The highest BCUT2D eigenvalue weighted by Crippen LogP contribution is 2.38. The van der Waals surface area contributed by atoms with Crippen molar-refractivity contribution in [3.8, 4) is 11.6 Å². The summed E-state index contributed by atoms with van der Waals surface area (Å²) in [6.07, 6.45) is -1.21. The van der Waals surface area contributed by atoms with Gasteiger partial charge in [-0.15, -0.1) is 0 Å². The molecule has 38 heavy (non-hydrogen) atoms. The number of nitrogens with zero attached hydrogens (tertiary/aromatic N) is 3. The van der Waals surface area contributed by atoms with Gasteiger partial charge in [0.15, 0.2) is 5.69 Å². The summed E-state index contributed by atoms with van der Waals surface area (Å²) in [7, 11) is 1.47. The maximum absolute atomic E-state index is 14.9. The van der Waals surface area contributed by atoms with Gasteiger partial charge in [0.25, 0.3) is 0 Å². The fourth-order valence-corrected chi connectivity index (χ4v) is 4.00.